The summed E-state index contributed by atoms with van der Waals surface area (Å²) >= 11 is 0. The lowest BCUT2D eigenvalue weighted by Gasteiger charge is -2.42. The third-order valence-electron chi connectivity index (χ3n) is 9.64. The SMILES string of the molecule is C/C(=C\[C@H](C(C)C)N(C)C(=O)C(NC(=O)[C@@H](N(C)C(=O)OC(C)(C)C)C(C)(C)c1cn(C)c2ccccc12)C(C)(C)C)C(=O)N[C@H](CC(=O)OC(C)(C)C)C(=O)O. The molecule has 14 nitrogen and oxygen atoms in total. The maximum atomic E-state index is 14.8. The van der Waals surface area contributed by atoms with Gasteiger partial charge in [-0.1, -0.05) is 72.7 Å². The Hall–Kier alpha value is -4.88. The number of aromatic nitrogens is 1. The van der Waals surface area contributed by atoms with Crippen LogP contribution in [0.3, 0.4) is 0 Å². The van der Waals surface area contributed by atoms with Gasteiger partial charge in [0.15, 0.2) is 0 Å². The molecule has 14 heteroatoms. The van der Waals surface area contributed by atoms with Gasteiger partial charge in [0.2, 0.25) is 17.7 Å². The standard InChI is InChI=1S/C43H67N5O9/c1-25(2)31(22-26(3)35(50)44-29(38(53)54)23-32(49)56-41(7,8)9)47(16)37(52)33(40(4,5)6)45-36(51)34(48(17)39(55)57-42(10,11)12)43(13,14)28-24-46(15)30-21-19-18-20-27(28)30/h18-22,24-25,29,31,33-34H,23H2,1-17H3,(H,44,50)(H,45,51)(H,53,54)/b26-22+/t29-,31-,33?,34-/m1/s1. The summed E-state index contributed by atoms with van der Waals surface area (Å²) < 4.78 is 12.9. The minimum atomic E-state index is -1.54. The van der Waals surface area contributed by atoms with E-state index in [-0.39, 0.29) is 11.5 Å². The predicted octanol–water partition coefficient (Wildman–Crippen LogP) is 5.95. The number of para-hydroxylation sites is 1. The van der Waals surface area contributed by atoms with E-state index in [1.807, 2.05) is 90.5 Å². The highest BCUT2D eigenvalue weighted by Crippen LogP contribution is 2.37. The van der Waals surface area contributed by atoms with Crippen molar-refractivity contribution in [1.82, 2.24) is 25.0 Å². The normalized spacial score (nSPS) is 14.9. The zero-order valence-electron chi connectivity index (χ0n) is 37.1. The predicted molar refractivity (Wildman–Crippen MR) is 220 cm³/mol. The molecule has 0 saturated heterocycles. The van der Waals surface area contributed by atoms with Crippen molar-refractivity contribution in [1.29, 1.82) is 0 Å². The summed E-state index contributed by atoms with van der Waals surface area (Å²) in [6.07, 6.45) is 2.23. The van der Waals surface area contributed by atoms with E-state index >= 15 is 0 Å². The number of ether oxygens (including phenoxy) is 2. The largest absolute Gasteiger partial charge is 0.480 e. The van der Waals surface area contributed by atoms with Crippen LogP contribution in [-0.4, -0.2) is 105 Å². The summed E-state index contributed by atoms with van der Waals surface area (Å²) in [4.78, 5) is 83.4. The quantitative estimate of drug-likeness (QED) is 0.154. The average molecular weight is 798 g/mol. The summed E-state index contributed by atoms with van der Waals surface area (Å²) in [7, 11) is 5.01. The number of benzene rings is 1. The van der Waals surface area contributed by atoms with Crippen molar-refractivity contribution >= 4 is 46.7 Å². The Kier molecular flexibility index (Phi) is 15.4. The Balaban J connectivity index is 2.55. The highest BCUT2D eigenvalue weighted by Gasteiger charge is 2.47. The van der Waals surface area contributed by atoms with Crippen LogP contribution in [0.5, 0.6) is 0 Å². The number of carbonyl (C=O) groups is 6. The van der Waals surface area contributed by atoms with Gasteiger partial charge in [0.25, 0.3) is 0 Å². The number of nitrogens with zero attached hydrogens (tertiary/aromatic N) is 3. The Labute approximate surface area is 338 Å². The van der Waals surface area contributed by atoms with Crippen LogP contribution >= 0.6 is 0 Å². The second-order valence-corrected chi connectivity index (χ2v) is 18.9. The Morgan fingerprint density at radius 2 is 1.39 bits per heavy atom. The van der Waals surface area contributed by atoms with Crippen molar-refractivity contribution < 1.29 is 43.3 Å². The molecule has 0 saturated carbocycles. The number of esters is 1. The lowest BCUT2D eigenvalue weighted by Crippen LogP contribution is -2.63. The van der Waals surface area contributed by atoms with E-state index in [0.29, 0.717) is 0 Å². The smallest absolute Gasteiger partial charge is 0.410 e. The van der Waals surface area contributed by atoms with Gasteiger partial charge in [-0.2, -0.15) is 0 Å². The molecule has 2 aromatic rings. The number of aryl methyl sites for hydroxylation is 1. The third-order valence-corrected chi connectivity index (χ3v) is 9.64. The topological polar surface area (TPSA) is 177 Å². The van der Waals surface area contributed by atoms with E-state index in [4.69, 9.17) is 9.47 Å². The molecular weight excluding hydrogens is 730 g/mol. The zero-order chi connectivity index (χ0) is 44.2. The molecule has 0 radical (unpaired) electrons. The van der Waals surface area contributed by atoms with Crippen molar-refractivity contribution in [3.63, 3.8) is 0 Å². The molecule has 0 aliphatic heterocycles. The molecule has 1 unspecified atom stereocenters. The maximum absolute atomic E-state index is 14.8. The van der Waals surface area contributed by atoms with Crippen LogP contribution in [0, 0.1) is 11.3 Å². The number of aliphatic carboxylic acids is 1. The number of carboxylic acid groups (broad SMARTS) is 1. The molecule has 2 rings (SSSR count). The molecule has 0 bridgehead atoms. The van der Waals surface area contributed by atoms with Crippen molar-refractivity contribution in [2.45, 2.75) is 144 Å². The van der Waals surface area contributed by atoms with Gasteiger partial charge in [-0.15, -0.1) is 0 Å². The number of carbonyl (C=O) groups excluding carboxylic acids is 5. The molecule has 1 aromatic carbocycles. The molecule has 1 heterocycles. The van der Waals surface area contributed by atoms with Crippen molar-refractivity contribution in [2.24, 2.45) is 18.4 Å². The summed E-state index contributed by atoms with van der Waals surface area (Å²) in [5.74, 6) is -4.17. The van der Waals surface area contributed by atoms with Gasteiger partial charge in [-0.3, -0.25) is 24.1 Å². The summed E-state index contributed by atoms with van der Waals surface area (Å²) in [6, 6.07) is 3.33. The first-order chi connectivity index (χ1) is 25.8. The Morgan fingerprint density at radius 1 is 0.842 bits per heavy atom. The molecule has 1 aromatic heterocycles. The fourth-order valence-electron chi connectivity index (χ4n) is 6.76. The van der Waals surface area contributed by atoms with Gasteiger partial charge in [0, 0.05) is 49.2 Å². The zero-order valence-corrected chi connectivity index (χ0v) is 37.1. The van der Waals surface area contributed by atoms with Gasteiger partial charge < -0.3 is 34.7 Å². The van der Waals surface area contributed by atoms with Crippen LogP contribution in [0.2, 0.25) is 0 Å². The molecule has 318 valence electrons. The van der Waals surface area contributed by atoms with Crippen LogP contribution in [0.1, 0.15) is 109 Å². The van der Waals surface area contributed by atoms with Crippen LogP contribution in [0.4, 0.5) is 4.79 Å². The minimum Gasteiger partial charge on any atom is -0.480 e. The molecule has 3 N–H and O–H groups in total. The van der Waals surface area contributed by atoms with E-state index in [1.165, 1.54) is 23.8 Å². The fourth-order valence-corrected chi connectivity index (χ4v) is 6.76. The number of hydrogen-bond donors (Lipinski definition) is 3. The van der Waals surface area contributed by atoms with Gasteiger partial charge in [-0.05, 0) is 71.4 Å². The third kappa shape index (κ3) is 12.8. The first kappa shape index (κ1) is 48.3. The van der Waals surface area contributed by atoms with Crippen LogP contribution in [0.15, 0.2) is 42.1 Å². The number of fused-ring (bicyclic) bond motifs is 1. The molecular formula is C43H67N5O9. The molecule has 0 spiro atoms. The average Bonchev–Trinajstić information content (AvgIpc) is 3.39. The van der Waals surface area contributed by atoms with Gasteiger partial charge in [-0.25, -0.2) is 9.59 Å². The second kappa shape index (κ2) is 18.1. The molecule has 0 fully saturated rings. The number of amides is 4. The minimum absolute atomic E-state index is 0.121. The van der Waals surface area contributed by atoms with Crippen molar-refractivity contribution in [3.8, 4) is 0 Å². The fraction of sp³-hybridized carbons (Fsp3) is 0.628. The summed E-state index contributed by atoms with van der Waals surface area (Å²) in [6.45, 7) is 24.6. The first-order valence-corrected chi connectivity index (χ1v) is 19.3. The Bertz CT molecular complexity index is 1840. The van der Waals surface area contributed by atoms with Gasteiger partial charge in [0.1, 0.15) is 29.3 Å². The number of nitrogens with one attached hydrogen (secondary N) is 2. The van der Waals surface area contributed by atoms with Gasteiger partial charge in [0.05, 0.1) is 12.5 Å². The molecule has 0 aliphatic carbocycles. The maximum Gasteiger partial charge on any atom is 0.410 e. The second-order valence-electron chi connectivity index (χ2n) is 18.9. The lowest BCUT2D eigenvalue weighted by molar-refractivity contribution is -0.158. The van der Waals surface area contributed by atoms with E-state index < -0.39 is 88.4 Å². The number of rotatable bonds is 14. The summed E-state index contributed by atoms with van der Waals surface area (Å²) in [5, 5.41) is 16.1. The molecule has 4 atom stereocenters. The van der Waals surface area contributed by atoms with Crippen LogP contribution in [-0.2, 0) is 45.9 Å². The van der Waals surface area contributed by atoms with E-state index in [0.717, 1.165) is 16.5 Å². The van der Waals surface area contributed by atoms with E-state index in [1.54, 1.807) is 54.7 Å². The van der Waals surface area contributed by atoms with Crippen LogP contribution < -0.4 is 10.6 Å². The first-order valence-electron chi connectivity index (χ1n) is 19.3. The highest BCUT2D eigenvalue weighted by atomic mass is 16.6. The molecule has 57 heavy (non-hydrogen) atoms. The molecule has 4 amide bonds. The molecule has 0 aliphatic rings. The van der Waals surface area contributed by atoms with Gasteiger partial charge >= 0.3 is 18.0 Å². The van der Waals surface area contributed by atoms with Crippen molar-refractivity contribution in [3.05, 3.63) is 47.7 Å². The highest BCUT2D eigenvalue weighted by molar-refractivity contribution is 5.97. The van der Waals surface area contributed by atoms with E-state index in [9.17, 15) is 33.9 Å². The number of carboxylic acids is 1. The number of likely N-dealkylation sites (N-methyl/N-ethyl adjacent to an activating group) is 2. The number of hydrogen-bond acceptors (Lipinski definition) is 8. The Morgan fingerprint density at radius 3 is 1.88 bits per heavy atom. The van der Waals surface area contributed by atoms with Crippen LogP contribution in [0.25, 0.3) is 10.9 Å². The van der Waals surface area contributed by atoms with E-state index in [2.05, 4.69) is 10.6 Å². The monoisotopic (exact) mass is 797 g/mol. The summed E-state index contributed by atoms with van der Waals surface area (Å²) in [5.41, 5.74) is -1.62. The lowest BCUT2D eigenvalue weighted by atomic mass is 9.76. The van der Waals surface area contributed by atoms with Crippen molar-refractivity contribution in [2.75, 3.05) is 14.1 Å².